The van der Waals surface area contributed by atoms with E-state index in [0.29, 0.717) is 31.4 Å². The number of para-hydroxylation sites is 1. The molecule has 0 bridgehead atoms. The van der Waals surface area contributed by atoms with Crippen molar-refractivity contribution in [3.05, 3.63) is 77.1 Å². The standard InChI is InChI=1S/C30H35N7O4/c1-19(2)11-14-27(39)37(34-26(38)15-20-7-4-3-5-8-20)24-13-12-21-9-6-10-22-16-25(36(28(21)22)30(24)41)29(40)31-17-23-18-32-35-33-23/h3-10,18-19,24-25H,11-17H2,1-2H3,(H,31,40)(H,34,38)(H,32,33,35)/t24-,25-/m0/s1. The number of hydrazine groups is 1. The van der Waals surface area contributed by atoms with Crippen LogP contribution < -0.4 is 15.6 Å². The Morgan fingerprint density at radius 1 is 1.10 bits per heavy atom. The number of aromatic amines is 1. The molecule has 0 aliphatic carbocycles. The Kier molecular flexibility index (Phi) is 8.42. The van der Waals surface area contributed by atoms with Crippen LogP contribution in [0.3, 0.4) is 0 Å². The Hall–Kier alpha value is -4.54. The molecule has 0 radical (unpaired) electrons. The molecule has 41 heavy (non-hydrogen) atoms. The molecule has 3 N–H and O–H groups in total. The number of H-pyrrole nitrogens is 1. The molecule has 2 aliphatic rings. The summed E-state index contributed by atoms with van der Waals surface area (Å²) >= 11 is 0. The maximum Gasteiger partial charge on any atom is 0.252 e. The normalized spacial score (nSPS) is 17.6. The molecule has 4 amide bonds. The zero-order chi connectivity index (χ0) is 28.9. The maximum absolute atomic E-state index is 14.3. The molecule has 2 aliphatic heterocycles. The summed E-state index contributed by atoms with van der Waals surface area (Å²) in [4.78, 5) is 56.0. The van der Waals surface area contributed by atoms with E-state index in [1.165, 1.54) is 16.1 Å². The van der Waals surface area contributed by atoms with Crippen molar-refractivity contribution in [1.82, 2.24) is 31.2 Å². The van der Waals surface area contributed by atoms with Crippen LogP contribution in [-0.4, -0.2) is 56.1 Å². The van der Waals surface area contributed by atoms with Crippen molar-refractivity contribution in [2.24, 2.45) is 5.92 Å². The van der Waals surface area contributed by atoms with Crippen LogP contribution in [0.25, 0.3) is 0 Å². The predicted octanol–water partition coefficient (Wildman–Crippen LogP) is 2.23. The lowest BCUT2D eigenvalue weighted by Gasteiger charge is -2.34. The molecule has 3 aromatic rings. The van der Waals surface area contributed by atoms with Gasteiger partial charge in [-0.2, -0.15) is 15.4 Å². The minimum Gasteiger partial charge on any atom is -0.348 e. The zero-order valence-electron chi connectivity index (χ0n) is 23.3. The molecule has 11 heteroatoms. The van der Waals surface area contributed by atoms with Gasteiger partial charge in [-0.25, -0.2) is 5.01 Å². The fourth-order valence-corrected chi connectivity index (χ4v) is 5.47. The zero-order valence-corrected chi connectivity index (χ0v) is 23.3. The van der Waals surface area contributed by atoms with Crippen LogP contribution in [0, 0.1) is 5.92 Å². The third-order valence-electron chi connectivity index (χ3n) is 7.56. The van der Waals surface area contributed by atoms with Crippen LogP contribution in [0.4, 0.5) is 5.69 Å². The quantitative estimate of drug-likeness (QED) is 0.345. The number of hydrogen-bond acceptors (Lipinski definition) is 6. The molecule has 0 fully saturated rings. The topological polar surface area (TPSA) is 140 Å². The van der Waals surface area contributed by atoms with Crippen LogP contribution in [0.2, 0.25) is 0 Å². The minimum atomic E-state index is -0.960. The first kappa shape index (κ1) is 28.0. The Bertz CT molecular complexity index is 1410. The SMILES string of the molecule is CC(C)CCC(=O)N(NC(=O)Cc1ccccc1)[C@H]1CCc2cccc3c2N(C1=O)[C@H](C(=O)NCc1cn[nH]n1)C3. The second-order valence-corrected chi connectivity index (χ2v) is 11.0. The second kappa shape index (κ2) is 12.3. The molecule has 0 unspecified atom stereocenters. The summed E-state index contributed by atoms with van der Waals surface area (Å²) in [6.45, 7) is 4.20. The van der Waals surface area contributed by atoms with Gasteiger partial charge in [0.05, 0.1) is 24.8 Å². The largest absolute Gasteiger partial charge is 0.348 e. The molecule has 0 saturated carbocycles. The Balaban J connectivity index is 1.42. The Morgan fingerprint density at radius 3 is 2.61 bits per heavy atom. The van der Waals surface area contributed by atoms with E-state index < -0.39 is 12.1 Å². The lowest BCUT2D eigenvalue weighted by molar-refractivity contribution is -0.149. The number of rotatable bonds is 9. The van der Waals surface area contributed by atoms with Crippen molar-refractivity contribution < 1.29 is 19.2 Å². The van der Waals surface area contributed by atoms with E-state index in [2.05, 4.69) is 26.2 Å². The summed E-state index contributed by atoms with van der Waals surface area (Å²) in [7, 11) is 0. The van der Waals surface area contributed by atoms with E-state index in [1.54, 1.807) is 0 Å². The molecule has 214 valence electrons. The average molecular weight is 558 g/mol. The smallest absolute Gasteiger partial charge is 0.252 e. The monoisotopic (exact) mass is 557 g/mol. The summed E-state index contributed by atoms with van der Waals surface area (Å²) in [6, 6.07) is 13.3. The van der Waals surface area contributed by atoms with Gasteiger partial charge in [-0.05, 0) is 41.9 Å². The maximum atomic E-state index is 14.3. The van der Waals surface area contributed by atoms with Crippen molar-refractivity contribution in [2.45, 2.75) is 71.0 Å². The van der Waals surface area contributed by atoms with Crippen LogP contribution in [-0.2, 0) is 45.0 Å². The van der Waals surface area contributed by atoms with Crippen molar-refractivity contribution in [2.75, 3.05) is 4.90 Å². The van der Waals surface area contributed by atoms with E-state index in [1.807, 2.05) is 62.4 Å². The highest BCUT2D eigenvalue weighted by molar-refractivity contribution is 6.08. The number of carbonyl (C=O) groups excluding carboxylic acids is 4. The second-order valence-electron chi connectivity index (χ2n) is 11.0. The Labute approximate surface area is 238 Å². The van der Waals surface area contributed by atoms with Gasteiger partial charge in [0.15, 0.2) is 0 Å². The van der Waals surface area contributed by atoms with Crippen molar-refractivity contribution in [1.29, 1.82) is 0 Å². The van der Waals surface area contributed by atoms with E-state index in [4.69, 9.17) is 0 Å². The number of amides is 4. The number of nitrogens with zero attached hydrogens (tertiary/aromatic N) is 4. The molecule has 2 atom stereocenters. The summed E-state index contributed by atoms with van der Waals surface area (Å²) in [5.74, 6) is -1.14. The predicted molar refractivity (Wildman–Crippen MR) is 151 cm³/mol. The van der Waals surface area contributed by atoms with Gasteiger partial charge < -0.3 is 5.32 Å². The molecule has 0 spiro atoms. The van der Waals surface area contributed by atoms with Crippen LogP contribution >= 0.6 is 0 Å². The van der Waals surface area contributed by atoms with E-state index in [0.717, 1.165) is 22.4 Å². The van der Waals surface area contributed by atoms with E-state index >= 15 is 0 Å². The van der Waals surface area contributed by atoms with Gasteiger partial charge in [0.25, 0.3) is 5.91 Å². The van der Waals surface area contributed by atoms with E-state index in [9.17, 15) is 19.2 Å². The Morgan fingerprint density at radius 2 is 1.88 bits per heavy atom. The molecule has 5 rings (SSSR count). The lowest BCUT2D eigenvalue weighted by atomic mass is 10.0. The highest BCUT2D eigenvalue weighted by Gasteiger charge is 2.46. The van der Waals surface area contributed by atoms with Gasteiger partial charge in [-0.15, -0.1) is 0 Å². The van der Waals surface area contributed by atoms with Gasteiger partial charge in [0.1, 0.15) is 17.8 Å². The van der Waals surface area contributed by atoms with Gasteiger partial charge in [0, 0.05) is 12.8 Å². The molecule has 11 nitrogen and oxygen atoms in total. The third-order valence-corrected chi connectivity index (χ3v) is 7.56. The third kappa shape index (κ3) is 6.29. The number of hydrogen-bond donors (Lipinski definition) is 3. The number of benzene rings is 2. The van der Waals surface area contributed by atoms with Crippen LogP contribution in [0.5, 0.6) is 0 Å². The minimum absolute atomic E-state index is 0.0663. The van der Waals surface area contributed by atoms with Crippen molar-refractivity contribution in [3.63, 3.8) is 0 Å². The summed E-state index contributed by atoms with van der Waals surface area (Å²) in [5, 5.41) is 14.3. The average Bonchev–Trinajstić information content (AvgIpc) is 3.59. The molecular weight excluding hydrogens is 522 g/mol. The highest BCUT2D eigenvalue weighted by Crippen LogP contribution is 2.39. The van der Waals surface area contributed by atoms with Crippen molar-refractivity contribution in [3.8, 4) is 0 Å². The van der Waals surface area contributed by atoms with Gasteiger partial charge in [0.2, 0.25) is 17.7 Å². The van der Waals surface area contributed by atoms with Gasteiger partial charge in [-0.3, -0.25) is 29.5 Å². The number of anilines is 1. The fourth-order valence-electron chi connectivity index (χ4n) is 5.47. The van der Waals surface area contributed by atoms with E-state index in [-0.39, 0.29) is 48.9 Å². The summed E-state index contributed by atoms with van der Waals surface area (Å²) in [5.41, 5.74) is 6.71. The number of aryl methyl sites for hydroxylation is 1. The number of nitrogens with one attached hydrogen (secondary N) is 3. The first-order valence-electron chi connectivity index (χ1n) is 14.0. The number of aromatic nitrogens is 3. The molecule has 2 aromatic carbocycles. The fraction of sp³-hybridized carbons (Fsp3) is 0.400. The molecule has 1 aromatic heterocycles. The molecule has 0 saturated heterocycles. The van der Waals surface area contributed by atoms with Crippen LogP contribution in [0.1, 0.15) is 55.5 Å². The van der Waals surface area contributed by atoms with Gasteiger partial charge >= 0.3 is 0 Å². The summed E-state index contributed by atoms with van der Waals surface area (Å²) < 4.78 is 0. The first-order valence-corrected chi connectivity index (χ1v) is 14.0. The highest BCUT2D eigenvalue weighted by atomic mass is 16.2. The van der Waals surface area contributed by atoms with Gasteiger partial charge in [-0.1, -0.05) is 62.4 Å². The van der Waals surface area contributed by atoms with Crippen molar-refractivity contribution >= 4 is 29.3 Å². The summed E-state index contributed by atoms with van der Waals surface area (Å²) in [6.07, 6.45) is 3.58. The van der Waals surface area contributed by atoms with Crippen LogP contribution in [0.15, 0.2) is 54.7 Å². The number of carbonyl (C=O) groups is 4. The molecule has 3 heterocycles. The molecular formula is C30H35N7O4. The lowest BCUT2D eigenvalue weighted by Crippen LogP contribution is -2.60. The first-order chi connectivity index (χ1) is 19.8.